The topological polar surface area (TPSA) is 0 Å². The van der Waals surface area contributed by atoms with E-state index >= 15 is 0 Å². The van der Waals surface area contributed by atoms with E-state index in [1.807, 2.05) is 12.1 Å². The van der Waals surface area contributed by atoms with Gasteiger partial charge in [0.25, 0.3) is 0 Å². The minimum atomic E-state index is 0.768. The quantitative estimate of drug-likeness (QED) is 0.169. The summed E-state index contributed by atoms with van der Waals surface area (Å²) in [6, 6.07) is 27.6. The van der Waals surface area contributed by atoms with Crippen molar-refractivity contribution >= 4 is 67.6 Å². The van der Waals surface area contributed by atoms with Gasteiger partial charge in [-0.2, -0.15) is 0 Å². The molecule has 0 N–H and O–H groups in total. The van der Waals surface area contributed by atoms with E-state index in [-0.39, 0.29) is 0 Å². The number of benzene rings is 4. The molecule has 0 atom stereocenters. The van der Waals surface area contributed by atoms with Crippen LogP contribution in [-0.2, 0) is 4.43 Å². The second-order valence-corrected chi connectivity index (χ2v) is 8.37. The largest absolute Gasteiger partial charge is 0.0843 e. The first-order chi connectivity index (χ1) is 12.7. The van der Waals surface area contributed by atoms with E-state index in [2.05, 4.69) is 112 Å². The second kappa shape index (κ2) is 7.87. The highest BCUT2D eigenvalue weighted by atomic mass is 127. The summed E-state index contributed by atoms with van der Waals surface area (Å²) in [6.07, 6.45) is 0. The molecule has 0 saturated heterocycles. The molecule has 0 aromatic heterocycles. The molecule has 3 heteroatoms. The number of hydrogen-bond acceptors (Lipinski definition) is 0. The molecule has 0 amide bonds. The summed E-state index contributed by atoms with van der Waals surface area (Å²) < 4.78 is 2.28. The van der Waals surface area contributed by atoms with Crippen LogP contribution in [0.2, 0.25) is 5.02 Å². The van der Waals surface area contributed by atoms with Gasteiger partial charge < -0.3 is 0 Å². The maximum absolute atomic E-state index is 6.12. The van der Waals surface area contributed by atoms with Crippen molar-refractivity contribution in [3.63, 3.8) is 0 Å². The highest BCUT2D eigenvalue weighted by molar-refractivity contribution is 14.1. The minimum absolute atomic E-state index is 0.768. The fraction of sp³-hybridized carbons (Fsp3) is 0.0435. The third kappa shape index (κ3) is 3.27. The van der Waals surface area contributed by atoms with Crippen LogP contribution in [0.15, 0.2) is 78.9 Å². The zero-order chi connectivity index (χ0) is 18.1. The number of hydrogen-bond donors (Lipinski definition) is 0. The molecule has 4 aromatic rings. The molecule has 0 nitrogen and oxygen atoms in total. The monoisotopic (exact) mass is 580 g/mol. The van der Waals surface area contributed by atoms with Gasteiger partial charge in [-0.1, -0.05) is 101 Å². The van der Waals surface area contributed by atoms with Gasteiger partial charge in [-0.3, -0.25) is 0 Å². The van der Waals surface area contributed by atoms with Crippen LogP contribution in [0.3, 0.4) is 0 Å². The lowest BCUT2D eigenvalue weighted by molar-refractivity contribution is 1.43. The fourth-order valence-electron chi connectivity index (χ4n) is 3.42. The van der Waals surface area contributed by atoms with Gasteiger partial charge in [0.1, 0.15) is 0 Å². The summed E-state index contributed by atoms with van der Waals surface area (Å²) in [7, 11) is 0. The molecular formula is C23H15ClI2. The molecule has 0 aliphatic carbocycles. The molecular weight excluding hydrogens is 566 g/mol. The van der Waals surface area contributed by atoms with E-state index in [4.69, 9.17) is 11.6 Å². The van der Waals surface area contributed by atoms with E-state index < -0.39 is 0 Å². The molecule has 0 bridgehead atoms. The predicted octanol–water partition coefficient (Wildman–Crippen LogP) is 8.37. The van der Waals surface area contributed by atoms with E-state index in [0.29, 0.717) is 0 Å². The zero-order valence-corrected chi connectivity index (χ0v) is 18.9. The molecule has 4 rings (SSSR count). The maximum atomic E-state index is 6.12. The second-order valence-electron chi connectivity index (χ2n) is 6.09. The van der Waals surface area contributed by atoms with Crippen LogP contribution < -0.4 is 0 Å². The Morgan fingerprint density at radius 1 is 0.654 bits per heavy atom. The Labute approximate surface area is 185 Å². The van der Waals surface area contributed by atoms with Crippen molar-refractivity contribution in [3.05, 3.63) is 93.0 Å². The highest BCUT2D eigenvalue weighted by Gasteiger charge is 2.19. The van der Waals surface area contributed by atoms with Crippen molar-refractivity contribution in [2.75, 3.05) is 0 Å². The van der Waals surface area contributed by atoms with Gasteiger partial charge in [0.15, 0.2) is 0 Å². The van der Waals surface area contributed by atoms with Crippen LogP contribution in [0.25, 0.3) is 33.0 Å². The normalized spacial score (nSPS) is 11.0. The molecule has 0 unspecified atom stereocenters. The molecule has 26 heavy (non-hydrogen) atoms. The zero-order valence-electron chi connectivity index (χ0n) is 13.8. The first kappa shape index (κ1) is 18.3. The molecule has 0 heterocycles. The van der Waals surface area contributed by atoms with Crippen molar-refractivity contribution in [3.8, 4) is 22.3 Å². The molecule has 0 fully saturated rings. The van der Waals surface area contributed by atoms with Gasteiger partial charge in [0.2, 0.25) is 0 Å². The number of rotatable bonds is 3. The van der Waals surface area contributed by atoms with E-state index in [1.165, 1.54) is 42.2 Å². The summed E-state index contributed by atoms with van der Waals surface area (Å²) >= 11 is 11.1. The minimum Gasteiger partial charge on any atom is -0.0843 e. The summed E-state index contributed by atoms with van der Waals surface area (Å²) in [5, 5.41) is 3.35. The standard InChI is InChI=1S/C23H15ClI2/c24-17-12-10-16(11-13-17)21-18-8-4-5-9-19(18)22(23(26)20(21)14-25)15-6-2-1-3-7-15/h1-13H,14H2. The van der Waals surface area contributed by atoms with Crippen molar-refractivity contribution in [2.24, 2.45) is 0 Å². The lowest BCUT2D eigenvalue weighted by atomic mass is 9.88. The van der Waals surface area contributed by atoms with Crippen LogP contribution in [0.5, 0.6) is 0 Å². The SMILES string of the molecule is Clc1ccc(-c2c(CI)c(I)c(-c3ccccc3)c3ccccc23)cc1. The average molecular weight is 581 g/mol. The molecule has 4 aromatic carbocycles. The first-order valence-electron chi connectivity index (χ1n) is 8.31. The smallest absolute Gasteiger partial charge is 0.0406 e. The predicted molar refractivity (Wildman–Crippen MR) is 130 cm³/mol. The summed E-state index contributed by atoms with van der Waals surface area (Å²) in [6.45, 7) is 0. The molecule has 0 radical (unpaired) electrons. The number of halogens is 3. The van der Waals surface area contributed by atoms with Gasteiger partial charge in [0.05, 0.1) is 0 Å². The molecule has 128 valence electrons. The Morgan fingerprint density at radius 3 is 1.81 bits per heavy atom. The summed E-state index contributed by atoms with van der Waals surface area (Å²) in [4.78, 5) is 0. The summed E-state index contributed by atoms with van der Waals surface area (Å²) in [5.74, 6) is 0. The third-order valence-corrected chi connectivity index (χ3v) is 6.79. The lowest BCUT2D eigenvalue weighted by Gasteiger charge is -2.19. The Morgan fingerprint density at radius 2 is 1.19 bits per heavy atom. The van der Waals surface area contributed by atoms with Crippen molar-refractivity contribution in [1.29, 1.82) is 0 Å². The Hall–Kier alpha value is -1.11. The average Bonchev–Trinajstić information content (AvgIpc) is 2.68. The van der Waals surface area contributed by atoms with Gasteiger partial charge in [-0.25, -0.2) is 0 Å². The van der Waals surface area contributed by atoms with Crippen LogP contribution >= 0.6 is 56.8 Å². The van der Waals surface area contributed by atoms with Crippen LogP contribution in [0.4, 0.5) is 0 Å². The number of alkyl halides is 1. The molecule has 0 saturated carbocycles. The summed E-state index contributed by atoms with van der Waals surface area (Å²) in [5.41, 5.74) is 6.50. The fourth-order valence-corrected chi connectivity index (χ4v) is 6.10. The van der Waals surface area contributed by atoms with Gasteiger partial charge in [-0.05, 0) is 67.7 Å². The highest BCUT2D eigenvalue weighted by Crippen LogP contribution is 2.43. The maximum Gasteiger partial charge on any atom is 0.0406 e. The van der Waals surface area contributed by atoms with Crippen molar-refractivity contribution < 1.29 is 0 Å². The molecule has 0 aliphatic rings. The molecule has 0 spiro atoms. The van der Waals surface area contributed by atoms with E-state index in [9.17, 15) is 0 Å². The number of fused-ring (bicyclic) bond motifs is 1. The van der Waals surface area contributed by atoms with Crippen LogP contribution in [-0.4, -0.2) is 0 Å². The van der Waals surface area contributed by atoms with Crippen LogP contribution in [0.1, 0.15) is 5.56 Å². The Balaban J connectivity index is 2.13. The molecule has 0 aliphatic heterocycles. The van der Waals surface area contributed by atoms with Crippen molar-refractivity contribution in [2.45, 2.75) is 4.43 Å². The third-order valence-electron chi connectivity index (χ3n) is 4.58. The Kier molecular flexibility index (Phi) is 5.53. The van der Waals surface area contributed by atoms with Gasteiger partial charge in [0, 0.05) is 18.6 Å². The van der Waals surface area contributed by atoms with Crippen molar-refractivity contribution in [1.82, 2.24) is 0 Å². The van der Waals surface area contributed by atoms with E-state index in [1.54, 1.807) is 0 Å². The van der Waals surface area contributed by atoms with E-state index in [0.717, 1.165) is 9.45 Å². The van der Waals surface area contributed by atoms with Gasteiger partial charge >= 0.3 is 0 Å². The lowest BCUT2D eigenvalue weighted by Crippen LogP contribution is -1.97. The van der Waals surface area contributed by atoms with Crippen LogP contribution in [0, 0.1) is 3.57 Å². The Bertz CT molecular complexity index is 1070. The van der Waals surface area contributed by atoms with Gasteiger partial charge in [-0.15, -0.1) is 0 Å². The first-order valence-corrected chi connectivity index (χ1v) is 11.3.